The Kier molecular flexibility index (Phi) is 1.59. The monoisotopic (exact) mass is 178 g/mol. The van der Waals surface area contributed by atoms with Crippen molar-refractivity contribution in [2.45, 2.75) is 0 Å². The lowest BCUT2D eigenvalue weighted by molar-refractivity contribution is 0.440. The van der Waals surface area contributed by atoms with Crippen molar-refractivity contribution in [3.05, 3.63) is 35.0 Å². The van der Waals surface area contributed by atoms with Gasteiger partial charge >= 0.3 is 0 Å². The van der Waals surface area contributed by atoms with Crippen molar-refractivity contribution in [3.63, 3.8) is 0 Å². The molecule has 0 saturated carbocycles. The molecule has 0 spiro atoms. The van der Waals surface area contributed by atoms with E-state index >= 15 is 0 Å². The second kappa shape index (κ2) is 2.60. The van der Waals surface area contributed by atoms with Crippen molar-refractivity contribution in [1.29, 1.82) is 0 Å². The summed E-state index contributed by atoms with van der Waals surface area (Å²) >= 11 is 4.76. The summed E-state index contributed by atoms with van der Waals surface area (Å²) in [6.45, 7) is 0. The Morgan fingerprint density at radius 1 is 1.25 bits per heavy atom. The van der Waals surface area contributed by atoms with Crippen molar-refractivity contribution in [2.24, 2.45) is 0 Å². The van der Waals surface area contributed by atoms with Crippen LogP contribution in [0.15, 0.2) is 34.7 Å². The molecule has 1 aromatic carbocycles. The Labute approximate surface area is 74.1 Å². The summed E-state index contributed by atoms with van der Waals surface area (Å²) in [4.78, 5) is 0. The Balaban J connectivity index is 2.93. The molecule has 3 heteroatoms. The van der Waals surface area contributed by atoms with E-state index in [1.165, 1.54) is 0 Å². The molecule has 0 fully saturated rings. The van der Waals surface area contributed by atoms with E-state index in [1.807, 2.05) is 24.3 Å². The first kappa shape index (κ1) is 7.31. The van der Waals surface area contributed by atoms with Crippen LogP contribution in [-0.2, 0) is 0 Å². The maximum absolute atomic E-state index is 9.22. The van der Waals surface area contributed by atoms with Gasteiger partial charge in [-0.25, -0.2) is 0 Å². The van der Waals surface area contributed by atoms with Gasteiger partial charge in [-0.15, -0.1) is 0 Å². The first-order chi connectivity index (χ1) is 5.77. The van der Waals surface area contributed by atoms with Crippen LogP contribution in [0.1, 0.15) is 0 Å². The molecule has 2 aromatic rings. The predicted molar refractivity (Wildman–Crippen MR) is 48.7 cm³/mol. The number of hydrogen-bond donors (Lipinski definition) is 1. The maximum atomic E-state index is 9.22. The Hall–Kier alpha value is -1.35. The highest BCUT2D eigenvalue weighted by molar-refractivity contribution is 7.71. The molecule has 0 bridgehead atoms. The van der Waals surface area contributed by atoms with Gasteiger partial charge in [-0.1, -0.05) is 18.2 Å². The standard InChI is InChI=1S/C9H6O2S/c10-7-5-6-3-1-2-4-8(6)11-9(7)12/h1-5,10H. The Morgan fingerprint density at radius 2 is 2.00 bits per heavy atom. The van der Waals surface area contributed by atoms with Crippen LogP contribution in [0, 0.1) is 4.71 Å². The first-order valence-corrected chi connectivity index (χ1v) is 3.90. The van der Waals surface area contributed by atoms with Gasteiger partial charge in [0.1, 0.15) is 5.58 Å². The van der Waals surface area contributed by atoms with Crippen LogP contribution in [0.3, 0.4) is 0 Å². The molecule has 0 saturated heterocycles. The Morgan fingerprint density at radius 3 is 2.83 bits per heavy atom. The van der Waals surface area contributed by atoms with Crippen LogP contribution in [0.5, 0.6) is 5.75 Å². The molecule has 0 amide bonds. The largest absolute Gasteiger partial charge is 0.504 e. The summed E-state index contributed by atoms with van der Waals surface area (Å²) in [6.07, 6.45) is 0. The molecule has 0 aliphatic rings. The zero-order chi connectivity index (χ0) is 8.55. The molecule has 60 valence electrons. The Bertz CT molecular complexity index is 473. The summed E-state index contributed by atoms with van der Waals surface area (Å²) in [5.74, 6) is 0.0173. The van der Waals surface area contributed by atoms with Crippen LogP contribution in [0.2, 0.25) is 0 Å². The van der Waals surface area contributed by atoms with Gasteiger partial charge in [-0.2, -0.15) is 0 Å². The zero-order valence-corrected chi connectivity index (χ0v) is 6.97. The minimum Gasteiger partial charge on any atom is -0.504 e. The molecule has 1 N–H and O–H groups in total. The molecule has 0 aliphatic heterocycles. The lowest BCUT2D eigenvalue weighted by Crippen LogP contribution is -1.72. The number of hydrogen-bond acceptors (Lipinski definition) is 3. The van der Waals surface area contributed by atoms with Crippen molar-refractivity contribution in [1.82, 2.24) is 0 Å². The third-order valence-electron chi connectivity index (χ3n) is 1.62. The van der Waals surface area contributed by atoms with E-state index in [-0.39, 0.29) is 10.5 Å². The third-order valence-corrected chi connectivity index (χ3v) is 1.92. The highest BCUT2D eigenvalue weighted by Gasteiger charge is 1.97. The van der Waals surface area contributed by atoms with Crippen LogP contribution in [-0.4, -0.2) is 5.11 Å². The lowest BCUT2D eigenvalue weighted by Gasteiger charge is -1.96. The van der Waals surface area contributed by atoms with Gasteiger partial charge in [0.05, 0.1) is 0 Å². The van der Waals surface area contributed by atoms with Crippen LogP contribution >= 0.6 is 12.2 Å². The summed E-state index contributed by atoms with van der Waals surface area (Å²) in [6, 6.07) is 9.00. The topological polar surface area (TPSA) is 33.4 Å². The van der Waals surface area contributed by atoms with Crippen molar-refractivity contribution in [2.75, 3.05) is 0 Å². The normalized spacial score (nSPS) is 10.3. The van der Waals surface area contributed by atoms with Crippen LogP contribution in [0.4, 0.5) is 0 Å². The van der Waals surface area contributed by atoms with Gasteiger partial charge in [0.2, 0.25) is 4.71 Å². The van der Waals surface area contributed by atoms with Crippen LogP contribution < -0.4 is 0 Å². The third kappa shape index (κ3) is 1.08. The second-order valence-electron chi connectivity index (χ2n) is 2.46. The molecule has 1 heterocycles. The van der Waals surface area contributed by atoms with E-state index in [2.05, 4.69) is 0 Å². The molecule has 1 aromatic heterocycles. The SMILES string of the molecule is Oc1cc2ccccc2oc1=S. The van der Waals surface area contributed by atoms with E-state index in [0.29, 0.717) is 5.58 Å². The molecule has 0 radical (unpaired) electrons. The number of para-hydroxylation sites is 1. The molecule has 2 rings (SSSR count). The van der Waals surface area contributed by atoms with E-state index in [4.69, 9.17) is 16.6 Å². The van der Waals surface area contributed by atoms with Gasteiger partial charge in [0.15, 0.2) is 5.75 Å². The zero-order valence-electron chi connectivity index (χ0n) is 6.15. The minimum atomic E-state index is 0.0173. The van der Waals surface area contributed by atoms with E-state index in [1.54, 1.807) is 6.07 Å². The van der Waals surface area contributed by atoms with Crippen molar-refractivity contribution >= 4 is 23.2 Å². The summed E-state index contributed by atoms with van der Waals surface area (Å²) in [5, 5.41) is 10.1. The second-order valence-corrected chi connectivity index (χ2v) is 2.83. The quantitative estimate of drug-likeness (QED) is 0.630. The molecule has 12 heavy (non-hydrogen) atoms. The van der Waals surface area contributed by atoms with Gasteiger partial charge in [-0.3, -0.25) is 0 Å². The smallest absolute Gasteiger partial charge is 0.232 e. The number of benzene rings is 1. The average Bonchev–Trinajstić information content (AvgIpc) is 2.07. The highest BCUT2D eigenvalue weighted by atomic mass is 32.1. The lowest BCUT2D eigenvalue weighted by atomic mass is 10.2. The van der Waals surface area contributed by atoms with Gasteiger partial charge in [0, 0.05) is 5.39 Å². The average molecular weight is 178 g/mol. The highest BCUT2D eigenvalue weighted by Crippen LogP contribution is 2.20. The van der Waals surface area contributed by atoms with E-state index < -0.39 is 0 Å². The first-order valence-electron chi connectivity index (χ1n) is 3.49. The fourth-order valence-corrected chi connectivity index (χ4v) is 1.20. The summed E-state index contributed by atoms with van der Waals surface area (Å²) < 4.78 is 5.29. The maximum Gasteiger partial charge on any atom is 0.232 e. The van der Waals surface area contributed by atoms with Gasteiger partial charge in [-0.05, 0) is 24.4 Å². The molecule has 2 nitrogen and oxygen atoms in total. The molecular formula is C9H6O2S. The fraction of sp³-hybridized carbons (Fsp3) is 0. The molecule has 0 unspecified atom stereocenters. The van der Waals surface area contributed by atoms with Crippen molar-refractivity contribution in [3.8, 4) is 5.75 Å². The number of aromatic hydroxyl groups is 1. The summed E-state index contributed by atoms with van der Waals surface area (Å²) in [7, 11) is 0. The molecular weight excluding hydrogens is 172 g/mol. The van der Waals surface area contributed by atoms with E-state index in [9.17, 15) is 5.11 Å². The van der Waals surface area contributed by atoms with Crippen LogP contribution in [0.25, 0.3) is 11.0 Å². The minimum absolute atomic E-state index is 0.0173. The van der Waals surface area contributed by atoms with Gasteiger partial charge < -0.3 is 9.52 Å². The number of fused-ring (bicyclic) bond motifs is 1. The molecule has 0 aliphatic carbocycles. The molecule has 0 atom stereocenters. The predicted octanol–water partition coefficient (Wildman–Crippen LogP) is 2.87. The van der Waals surface area contributed by atoms with E-state index in [0.717, 1.165) is 5.39 Å². The van der Waals surface area contributed by atoms with Gasteiger partial charge in [0.25, 0.3) is 0 Å². The summed E-state index contributed by atoms with van der Waals surface area (Å²) in [5.41, 5.74) is 0.695. The van der Waals surface area contributed by atoms with Crippen molar-refractivity contribution < 1.29 is 9.52 Å². The number of rotatable bonds is 0. The fourth-order valence-electron chi connectivity index (χ4n) is 1.05.